The van der Waals surface area contributed by atoms with Crippen molar-refractivity contribution in [2.75, 3.05) is 17.6 Å². The number of amides is 1. The Morgan fingerprint density at radius 3 is 2.26 bits per heavy atom. The lowest BCUT2D eigenvalue weighted by atomic mass is 10.2. The second-order valence-electron chi connectivity index (χ2n) is 5.31. The maximum absolute atomic E-state index is 12.0. The molecule has 1 aromatic heterocycles. The van der Waals surface area contributed by atoms with Gasteiger partial charge in [-0.3, -0.25) is 10.1 Å². The number of nitrogens with two attached hydrogens (primary N) is 2. The van der Waals surface area contributed by atoms with E-state index in [0.717, 1.165) is 6.42 Å². The van der Waals surface area contributed by atoms with Crippen molar-refractivity contribution in [1.29, 1.82) is 0 Å². The number of rotatable bonds is 10. The first-order valence-electron chi connectivity index (χ1n) is 8.27. The number of nitrogens with one attached hydrogen (secondary N) is 1. The third kappa shape index (κ3) is 18.3. The fourth-order valence-corrected chi connectivity index (χ4v) is 2.25. The molecule has 0 radical (unpaired) electrons. The van der Waals surface area contributed by atoms with Gasteiger partial charge in [0.25, 0.3) is 0 Å². The van der Waals surface area contributed by atoms with Crippen LogP contribution in [0.5, 0.6) is 0 Å². The number of carboxylic acids is 2. The summed E-state index contributed by atoms with van der Waals surface area (Å²) in [4.78, 5) is 44.5. The van der Waals surface area contributed by atoms with Crippen molar-refractivity contribution < 1.29 is 37.8 Å². The molecule has 0 fully saturated rings. The molecule has 0 aromatic carbocycles. The summed E-state index contributed by atoms with van der Waals surface area (Å²) in [5, 5.41) is 18.4. The summed E-state index contributed by atoms with van der Waals surface area (Å²) in [5.74, 6) is -2.64. The van der Waals surface area contributed by atoms with Crippen LogP contribution in [-0.2, 0) is 14.4 Å². The number of anilines is 1. The van der Waals surface area contributed by atoms with E-state index >= 15 is 0 Å². The van der Waals surface area contributed by atoms with Crippen LogP contribution in [0.1, 0.15) is 19.3 Å². The summed E-state index contributed by atoms with van der Waals surface area (Å²) in [6, 6.07) is 0. The summed E-state index contributed by atoms with van der Waals surface area (Å²) in [7, 11) is 0. The molecule has 16 heteroatoms. The highest BCUT2D eigenvalue weighted by Gasteiger charge is 2.26. The first-order valence-corrected chi connectivity index (χ1v) is 9.25. The predicted molar refractivity (Wildman–Crippen MR) is 104 cm³/mol. The Morgan fingerprint density at radius 2 is 1.74 bits per heavy atom. The third-order valence-electron chi connectivity index (χ3n) is 2.64. The molecular weight excluding hydrogens is 447 g/mol. The molecule has 0 atom stereocenters. The molecule has 0 saturated carbocycles. The maximum atomic E-state index is 12.0. The number of nitrogens with zero attached hydrogens (tertiary/aromatic N) is 4. The number of carbonyl (C=O) groups excluding carboxylic acids is 1. The molecule has 1 amide bonds. The van der Waals surface area contributed by atoms with Gasteiger partial charge < -0.3 is 21.7 Å². The molecule has 1 aromatic rings. The van der Waals surface area contributed by atoms with Crippen molar-refractivity contribution in [2.24, 2.45) is 16.5 Å². The molecular formula is C15H20F3N7O5S. The number of guanidine groups is 1. The Balaban J connectivity index is 0.000000954. The Hall–Kier alpha value is -3.43. The van der Waals surface area contributed by atoms with Crippen LogP contribution in [-0.4, -0.2) is 67.4 Å². The molecule has 12 nitrogen and oxygen atoms in total. The van der Waals surface area contributed by atoms with E-state index in [9.17, 15) is 27.6 Å². The van der Waals surface area contributed by atoms with Crippen molar-refractivity contribution >= 4 is 41.5 Å². The second kappa shape index (κ2) is 14.5. The molecule has 0 spiro atoms. The lowest BCUT2D eigenvalue weighted by molar-refractivity contribution is -0.134. The minimum absolute atomic E-state index is 0.00283. The van der Waals surface area contributed by atoms with Gasteiger partial charge in [-0.15, -0.1) is 0 Å². The average Bonchev–Trinajstić information content (AvgIpc) is 2.64. The van der Waals surface area contributed by atoms with E-state index in [4.69, 9.17) is 21.7 Å². The van der Waals surface area contributed by atoms with Gasteiger partial charge in [0.1, 0.15) is 12.9 Å². The molecule has 31 heavy (non-hydrogen) atoms. The first-order chi connectivity index (χ1) is 14.4. The first kappa shape index (κ1) is 27.6. The predicted octanol–water partition coefficient (Wildman–Crippen LogP) is 0.620. The highest BCUT2D eigenvalue weighted by Crippen LogP contribution is 2.16. The smallest absolute Gasteiger partial charge is 0.408 e. The van der Waals surface area contributed by atoms with Crippen molar-refractivity contribution in [3.8, 4) is 0 Å². The Bertz CT molecular complexity index is 789. The van der Waals surface area contributed by atoms with Crippen LogP contribution >= 0.6 is 11.8 Å². The number of unbranched alkanes of at least 4 members (excludes halogenated alkanes) is 1. The van der Waals surface area contributed by atoms with E-state index in [1.807, 2.05) is 0 Å². The van der Waals surface area contributed by atoms with Gasteiger partial charge in [0.2, 0.25) is 11.9 Å². The van der Waals surface area contributed by atoms with E-state index < -0.39 is 30.6 Å². The quantitative estimate of drug-likeness (QED) is 0.106. The summed E-state index contributed by atoms with van der Waals surface area (Å²) in [5.41, 5.74) is 10.3. The van der Waals surface area contributed by atoms with Gasteiger partial charge >= 0.3 is 18.1 Å². The SMILES string of the molecule is NC(=O)CCCCSc1ncnc(NC(N)=NCC(F)(F)F)n1.O=C(O)/C=C\C(=O)O. The van der Waals surface area contributed by atoms with Gasteiger partial charge in [-0.1, -0.05) is 11.8 Å². The van der Waals surface area contributed by atoms with Gasteiger partial charge in [0, 0.05) is 24.3 Å². The lowest BCUT2D eigenvalue weighted by Gasteiger charge is -2.06. The molecule has 0 unspecified atom stereocenters. The van der Waals surface area contributed by atoms with E-state index in [-0.39, 0.29) is 11.9 Å². The number of carboxylic acid groups (broad SMARTS) is 2. The van der Waals surface area contributed by atoms with E-state index in [1.54, 1.807) is 0 Å². The number of halogens is 3. The zero-order valence-corrected chi connectivity index (χ0v) is 16.7. The summed E-state index contributed by atoms with van der Waals surface area (Å²) in [6.07, 6.45) is -0.385. The Morgan fingerprint density at radius 1 is 1.13 bits per heavy atom. The van der Waals surface area contributed by atoms with Crippen LogP contribution in [0.25, 0.3) is 0 Å². The second-order valence-corrected chi connectivity index (χ2v) is 6.38. The minimum Gasteiger partial charge on any atom is -0.478 e. The fraction of sp³-hybridized carbons (Fsp3) is 0.400. The standard InChI is InChI=1S/C11H16F3N7OS.C4H4O4/c12-11(13,14)5-17-8(16)20-9-18-6-19-10(21-9)23-4-2-1-3-7(15)22;5-3(6)1-2-4(7)8/h6H,1-5H2,(H2,15,22)(H3,16,17,18,19,20,21);1-2H,(H,5,6)(H,7,8)/b;2-1-. The molecule has 7 N–H and O–H groups in total. The number of thioether (sulfide) groups is 1. The number of hydrogen-bond acceptors (Lipinski definition) is 8. The number of alkyl halides is 3. The highest BCUT2D eigenvalue weighted by atomic mass is 32.2. The van der Waals surface area contributed by atoms with Crippen LogP contribution in [0.4, 0.5) is 19.1 Å². The number of carbonyl (C=O) groups is 3. The van der Waals surface area contributed by atoms with Crippen molar-refractivity contribution in [2.45, 2.75) is 30.6 Å². The fourth-order valence-electron chi connectivity index (χ4n) is 1.45. The molecule has 0 aliphatic heterocycles. The molecule has 1 rings (SSSR count). The molecule has 1 heterocycles. The normalized spacial score (nSPS) is 11.5. The Labute approximate surface area is 178 Å². The van der Waals surface area contributed by atoms with Crippen molar-refractivity contribution in [3.05, 3.63) is 18.5 Å². The van der Waals surface area contributed by atoms with Gasteiger partial charge in [-0.2, -0.15) is 18.2 Å². The molecule has 172 valence electrons. The van der Waals surface area contributed by atoms with Crippen LogP contribution in [0.15, 0.2) is 28.6 Å². The summed E-state index contributed by atoms with van der Waals surface area (Å²) < 4.78 is 36.0. The lowest BCUT2D eigenvalue weighted by Crippen LogP contribution is -2.26. The molecule has 0 saturated heterocycles. The topological polar surface area (TPSA) is 207 Å². The summed E-state index contributed by atoms with van der Waals surface area (Å²) >= 11 is 1.32. The van der Waals surface area contributed by atoms with E-state index in [2.05, 4.69) is 25.3 Å². The van der Waals surface area contributed by atoms with E-state index in [0.29, 0.717) is 35.9 Å². The van der Waals surface area contributed by atoms with Crippen LogP contribution in [0.2, 0.25) is 0 Å². The number of aliphatic carboxylic acids is 2. The average molecular weight is 467 g/mol. The number of aromatic nitrogens is 3. The zero-order chi connectivity index (χ0) is 23.9. The number of primary amides is 1. The molecule has 0 aliphatic carbocycles. The number of hydrogen-bond donors (Lipinski definition) is 5. The highest BCUT2D eigenvalue weighted by molar-refractivity contribution is 7.99. The third-order valence-corrected chi connectivity index (χ3v) is 3.58. The van der Waals surface area contributed by atoms with Crippen LogP contribution in [0.3, 0.4) is 0 Å². The maximum Gasteiger partial charge on any atom is 0.408 e. The van der Waals surface area contributed by atoms with Gasteiger partial charge in [0.15, 0.2) is 11.1 Å². The number of aliphatic imine (C=N–C) groups is 1. The van der Waals surface area contributed by atoms with Gasteiger partial charge in [0.05, 0.1) is 0 Å². The van der Waals surface area contributed by atoms with Crippen molar-refractivity contribution in [1.82, 2.24) is 15.0 Å². The Kier molecular flexibility index (Phi) is 12.9. The van der Waals surface area contributed by atoms with Crippen molar-refractivity contribution in [3.63, 3.8) is 0 Å². The van der Waals surface area contributed by atoms with Crippen LogP contribution in [0, 0.1) is 0 Å². The van der Waals surface area contributed by atoms with E-state index in [1.165, 1.54) is 18.1 Å². The largest absolute Gasteiger partial charge is 0.478 e. The van der Waals surface area contributed by atoms with Crippen LogP contribution < -0.4 is 16.8 Å². The van der Waals surface area contributed by atoms with Gasteiger partial charge in [-0.25, -0.2) is 24.5 Å². The van der Waals surface area contributed by atoms with Gasteiger partial charge in [-0.05, 0) is 12.8 Å². The molecule has 0 aliphatic rings. The minimum atomic E-state index is -4.43. The summed E-state index contributed by atoms with van der Waals surface area (Å²) in [6.45, 7) is -1.39. The zero-order valence-electron chi connectivity index (χ0n) is 15.9. The molecule has 0 bridgehead atoms. The monoisotopic (exact) mass is 467 g/mol.